The van der Waals surface area contributed by atoms with Crippen molar-refractivity contribution >= 4 is 29.1 Å². The number of amides is 1. The van der Waals surface area contributed by atoms with Crippen molar-refractivity contribution < 1.29 is 29.0 Å². The van der Waals surface area contributed by atoms with Crippen molar-refractivity contribution in [2.24, 2.45) is 0 Å². The van der Waals surface area contributed by atoms with Crippen LogP contribution in [0.3, 0.4) is 0 Å². The Morgan fingerprint density at radius 3 is 2.42 bits per heavy atom. The first-order valence-electron chi connectivity index (χ1n) is 11.6. The fraction of sp³-hybridized carbons (Fsp3) is 0.207. The minimum Gasteiger partial charge on any atom is -0.507 e. The average Bonchev–Trinajstić information content (AvgIpc) is 3.17. The lowest BCUT2D eigenvalue weighted by molar-refractivity contribution is -0.132. The first-order chi connectivity index (χ1) is 17.3. The number of aliphatic hydroxyl groups excluding tert-OH is 1. The molecule has 3 aromatic rings. The smallest absolute Gasteiger partial charge is 0.338 e. The molecule has 1 aliphatic rings. The summed E-state index contributed by atoms with van der Waals surface area (Å²) in [5, 5.41) is 11.3. The molecule has 36 heavy (non-hydrogen) atoms. The van der Waals surface area contributed by atoms with E-state index < -0.39 is 23.7 Å². The monoisotopic (exact) mass is 485 g/mol. The van der Waals surface area contributed by atoms with Gasteiger partial charge in [-0.15, -0.1) is 0 Å². The Morgan fingerprint density at radius 1 is 0.972 bits per heavy atom. The molecule has 7 nitrogen and oxygen atoms in total. The second kappa shape index (κ2) is 10.5. The van der Waals surface area contributed by atoms with Crippen LogP contribution in [0.2, 0.25) is 0 Å². The number of Topliss-reactive ketones (excluding diaryl/α,β-unsaturated/α-hetero) is 1. The molecule has 7 heteroatoms. The van der Waals surface area contributed by atoms with Crippen LogP contribution in [0.4, 0.5) is 5.69 Å². The second-order valence-electron chi connectivity index (χ2n) is 8.50. The van der Waals surface area contributed by atoms with Crippen LogP contribution >= 0.6 is 0 Å². The number of ketones is 1. The van der Waals surface area contributed by atoms with Crippen molar-refractivity contribution in [1.29, 1.82) is 0 Å². The Labute approximate surface area is 209 Å². The third-order valence-electron chi connectivity index (χ3n) is 5.94. The zero-order chi connectivity index (χ0) is 25.8. The number of aliphatic hydroxyl groups is 1. The molecule has 1 atom stereocenters. The number of hydrogen-bond donors (Lipinski definition) is 1. The molecule has 0 bridgehead atoms. The van der Waals surface area contributed by atoms with Gasteiger partial charge in [0.25, 0.3) is 11.7 Å². The third-order valence-corrected chi connectivity index (χ3v) is 5.94. The zero-order valence-electron chi connectivity index (χ0n) is 20.4. The number of ether oxygens (including phenoxy) is 2. The Morgan fingerprint density at radius 2 is 1.69 bits per heavy atom. The quantitative estimate of drug-likeness (QED) is 0.214. The van der Waals surface area contributed by atoms with Gasteiger partial charge in [0, 0.05) is 11.3 Å². The highest BCUT2D eigenvalue weighted by Crippen LogP contribution is 2.42. The van der Waals surface area contributed by atoms with Crippen molar-refractivity contribution in [2.75, 3.05) is 18.6 Å². The van der Waals surface area contributed by atoms with Gasteiger partial charge in [0.05, 0.1) is 30.9 Å². The van der Waals surface area contributed by atoms with Crippen LogP contribution in [0.15, 0.2) is 78.4 Å². The zero-order valence-corrected chi connectivity index (χ0v) is 20.4. The lowest BCUT2D eigenvalue weighted by Gasteiger charge is -2.26. The minimum atomic E-state index is -0.905. The maximum Gasteiger partial charge on any atom is 0.338 e. The molecule has 0 spiro atoms. The Bertz CT molecular complexity index is 1360. The summed E-state index contributed by atoms with van der Waals surface area (Å²) in [6.07, 6.45) is 0.678. The summed E-state index contributed by atoms with van der Waals surface area (Å²) < 4.78 is 10.5. The fourth-order valence-corrected chi connectivity index (χ4v) is 4.24. The van der Waals surface area contributed by atoms with E-state index in [1.54, 1.807) is 48.5 Å². The molecule has 184 valence electrons. The standard InChI is InChI=1S/C29H27NO6/c1-4-14-36-29(34)21-11-6-12-22(16-21)30-25(19-9-5-8-18(2)15-19)24(27(32)28(30)33)26(31)20-10-7-13-23(17-20)35-3/h5-13,15-17,25,31H,4,14H2,1-3H3/b26-24+. The van der Waals surface area contributed by atoms with E-state index in [-0.39, 0.29) is 23.5 Å². The van der Waals surface area contributed by atoms with E-state index in [1.807, 2.05) is 32.0 Å². The van der Waals surface area contributed by atoms with Crippen molar-refractivity contribution in [3.8, 4) is 5.75 Å². The molecule has 1 heterocycles. The summed E-state index contributed by atoms with van der Waals surface area (Å²) >= 11 is 0. The van der Waals surface area contributed by atoms with Gasteiger partial charge in [-0.2, -0.15) is 0 Å². The van der Waals surface area contributed by atoms with E-state index in [9.17, 15) is 19.5 Å². The van der Waals surface area contributed by atoms with Crippen LogP contribution in [-0.2, 0) is 14.3 Å². The number of rotatable bonds is 7. The average molecular weight is 486 g/mol. The Hall–Kier alpha value is -4.39. The van der Waals surface area contributed by atoms with Crippen molar-refractivity contribution in [2.45, 2.75) is 26.3 Å². The normalized spacial score (nSPS) is 16.8. The number of carbonyl (C=O) groups excluding carboxylic acids is 3. The summed E-state index contributed by atoms with van der Waals surface area (Å²) in [6, 6.07) is 19.5. The van der Waals surface area contributed by atoms with Crippen molar-refractivity contribution in [1.82, 2.24) is 0 Å². The van der Waals surface area contributed by atoms with E-state index in [2.05, 4.69) is 0 Å². The van der Waals surface area contributed by atoms with Crippen LogP contribution < -0.4 is 9.64 Å². The van der Waals surface area contributed by atoms with Gasteiger partial charge in [-0.25, -0.2) is 4.79 Å². The number of aryl methyl sites for hydroxylation is 1. The summed E-state index contributed by atoms with van der Waals surface area (Å²) in [5.41, 5.74) is 2.49. The van der Waals surface area contributed by atoms with Gasteiger partial charge in [-0.1, -0.05) is 55.0 Å². The molecule has 3 aromatic carbocycles. The molecule has 0 radical (unpaired) electrons. The summed E-state index contributed by atoms with van der Waals surface area (Å²) in [6.45, 7) is 4.08. The SMILES string of the molecule is CCCOC(=O)c1cccc(N2C(=O)C(=O)/C(=C(/O)c3cccc(OC)c3)C2c2cccc(C)c2)c1. The molecule has 0 aliphatic carbocycles. The third kappa shape index (κ3) is 4.73. The molecule has 1 N–H and O–H groups in total. The van der Waals surface area contributed by atoms with Crippen LogP contribution in [0.1, 0.15) is 46.4 Å². The van der Waals surface area contributed by atoms with Gasteiger partial charge >= 0.3 is 5.97 Å². The number of benzene rings is 3. The highest BCUT2D eigenvalue weighted by atomic mass is 16.5. The topological polar surface area (TPSA) is 93.1 Å². The summed E-state index contributed by atoms with van der Waals surface area (Å²) in [7, 11) is 1.50. The fourth-order valence-electron chi connectivity index (χ4n) is 4.24. The lowest BCUT2D eigenvalue weighted by atomic mass is 9.94. The van der Waals surface area contributed by atoms with E-state index in [4.69, 9.17) is 9.47 Å². The summed E-state index contributed by atoms with van der Waals surface area (Å²) in [5.74, 6) is -1.94. The van der Waals surface area contributed by atoms with Gasteiger partial charge in [-0.3, -0.25) is 14.5 Å². The van der Waals surface area contributed by atoms with E-state index in [0.717, 1.165) is 5.56 Å². The predicted molar refractivity (Wildman–Crippen MR) is 136 cm³/mol. The van der Waals surface area contributed by atoms with Crippen molar-refractivity contribution in [3.05, 3.63) is 101 Å². The van der Waals surface area contributed by atoms with Gasteiger partial charge in [0.15, 0.2) is 0 Å². The lowest BCUT2D eigenvalue weighted by Crippen LogP contribution is -2.29. The predicted octanol–water partition coefficient (Wildman–Crippen LogP) is 5.20. The number of esters is 1. The van der Waals surface area contributed by atoms with Crippen LogP contribution in [0, 0.1) is 6.92 Å². The second-order valence-corrected chi connectivity index (χ2v) is 8.50. The van der Waals surface area contributed by atoms with E-state index >= 15 is 0 Å². The maximum atomic E-state index is 13.4. The molecule has 0 saturated carbocycles. The number of methoxy groups -OCH3 is 1. The molecule has 1 amide bonds. The van der Waals surface area contributed by atoms with E-state index in [1.165, 1.54) is 18.1 Å². The van der Waals surface area contributed by atoms with Gasteiger partial charge in [-0.05, 0) is 49.2 Å². The summed E-state index contributed by atoms with van der Waals surface area (Å²) in [4.78, 5) is 40.5. The molecule has 1 unspecified atom stereocenters. The molecule has 0 aromatic heterocycles. The molecule has 1 saturated heterocycles. The highest BCUT2D eigenvalue weighted by molar-refractivity contribution is 6.51. The number of hydrogen-bond acceptors (Lipinski definition) is 6. The van der Waals surface area contributed by atoms with Gasteiger partial charge in [0.2, 0.25) is 0 Å². The molecule has 4 rings (SSSR count). The maximum absolute atomic E-state index is 13.4. The molecular weight excluding hydrogens is 458 g/mol. The first kappa shape index (κ1) is 24.7. The molecule has 1 fully saturated rings. The largest absolute Gasteiger partial charge is 0.507 e. The number of nitrogens with zero attached hydrogens (tertiary/aromatic N) is 1. The van der Waals surface area contributed by atoms with Gasteiger partial charge in [0.1, 0.15) is 11.5 Å². The van der Waals surface area contributed by atoms with Crippen LogP contribution in [0.25, 0.3) is 5.76 Å². The minimum absolute atomic E-state index is 0.0437. The Balaban J connectivity index is 1.89. The molecular formula is C29H27NO6. The van der Waals surface area contributed by atoms with Gasteiger partial charge < -0.3 is 14.6 Å². The Kier molecular flexibility index (Phi) is 7.20. The van der Waals surface area contributed by atoms with E-state index in [0.29, 0.717) is 29.0 Å². The van der Waals surface area contributed by atoms with Crippen molar-refractivity contribution in [3.63, 3.8) is 0 Å². The molecule has 1 aliphatic heterocycles. The van der Waals surface area contributed by atoms with Crippen LogP contribution in [-0.4, -0.2) is 36.5 Å². The first-order valence-corrected chi connectivity index (χ1v) is 11.6. The highest BCUT2D eigenvalue weighted by Gasteiger charge is 2.47. The number of carbonyl (C=O) groups is 3. The number of anilines is 1. The van der Waals surface area contributed by atoms with Crippen LogP contribution in [0.5, 0.6) is 5.75 Å².